The number of hydrogen-bond donors (Lipinski definition) is 1. The normalized spacial score (nSPS) is 22.4. The number of hydrogen-bond acceptors (Lipinski definition) is 2. The van der Waals surface area contributed by atoms with Crippen molar-refractivity contribution in [1.82, 2.24) is 9.55 Å². The van der Waals surface area contributed by atoms with Gasteiger partial charge in [-0.05, 0) is 48.9 Å². The Morgan fingerprint density at radius 3 is 2.91 bits per heavy atom. The molecule has 0 saturated heterocycles. The Morgan fingerprint density at radius 1 is 1.27 bits per heavy atom. The first-order chi connectivity index (χ1) is 10.7. The second-order valence-corrected chi connectivity index (χ2v) is 6.63. The van der Waals surface area contributed by atoms with Crippen LogP contribution in [0, 0.1) is 11.7 Å². The molecule has 22 heavy (non-hydrogen) atoms. The minimum absolute atomic E-state index is 0.000117. The highest BCUT2D eigenvalue weighted by Gasteiger charge is 2.32. The molecular weight excluding hydrogens is 279 g/mol. The van der Waals surface area contributed by atoms with Gasteiger partial charge in [0.25, 0.3) is 0 Å². The third-order valence-corrected chi connectivity index (χ3v) is 5.31. The molecule has 116 valence electrons. The smallest absolute Gasteiger partial charge is 0.123 e. The Kier molecular flexibility index (Phi) is 3.49. The molecule has 4 heteroatoms. The summed E-state index contributed by atoms with van der Waals surface area (Å²) in [5.74, 6) is 0.174. The number of halogens is 1. The fourth-order valence-corrected chi connectivity index (χ4v) is 4.13. The zero-order chi connectivity index (χ0) is 15.1. The average molecular weight is 300 g/mol. The van der Waals surface area contributed by atoms with E-state index in [9.17, 15) is 9.50 Å². The van der Waals surface area contributed by atoms with E-state index in [0.29, 0.717) is 12.3 Å². The van der Waals surface area contributed by atoms with Crippen LogP contribution in [-0.2, 0) is 0 Å². The summed E-state index contributed by atoms with van der Waals surface area (Å²) in [5, 5.41) is 10.7. The zero-order valence-electron chi connectivity index (χ0n) is 12.6. The summed E-state index contributed by atoms with van der Waals surface area (Å²) in [6, 6.07) is 4.93. The maximum absolute atomic E-state index is 13.7. The van der Waals surface area contributed by atoms with Gasteiger partial charge in [0.2, 0.25) is 0 Å². The second-order valence-electron chi connectivity index (χ2n) is 6.63. The van der Waals surface area contributed by atoms with Crippen LogP contribution in [0.3, 0.4) is 0 Å². The van der Waals surface area contributed by atoms with Crippen molar-refractivity contribution in [3.05, 3.63) is 42.1 Å². The molecule has 2 aromatic rings. The first kappa shape index (κ1) is 13.9. The molecule has 3 nitrogen and oxygen atoms in total. The molecule has 0 bridgehead atoms. The van der Waals surface area contributed by atoms with Crippen molar-refractivity contribution in [2.45, 2.75) is 50.7 Å². The summed E-state index contributed by atoms with van der Waals surface area (Å²) < 4.78 is 15.7. The fraction of sp³-hybridized carbons (Fsp3) is 0.500. The predicted molar refractivity (Wildman–Crippen MR) is 83.0 cm³/mol. The van der Waals surface area contributed by atoms with Crippen molar-refractivity contribution in [1.29, 1.82) is 0 Å². The van der Waals surface area contributed by atoms with Gasteiger partial charge < -0.3 is 9.67 Å². The summed E-state index contributed by atoms with van der Waals surface area (Å²) in [7, 11) is 0. The third kappa shape index (κ3) is 2.26. The van der Waals surface area contributed by atoms with Gasteiger partial charge in [-0.25, -0.2) is 9.37 Å². The largest absolute Gasteiger partial charge is 0.393 e. The second kappa shape index (κ2) is 5.51. The zero-order valence-corrected chi connectivity index (χ0v) is 12.6. The van der Waals surface area contributed by atoms with E-state index in [1.807, 2.05) is 12.3 Å². The van der Waals surface area contributed by atoms with Crippen molar-refractivity contribution in [3.63, 3.8) is 0 Å². The van der Waals surface area contributed by atoms with Gasteiger partial charge >= 0.3 is 0 Å². The maximum atomic E-state index is 13.7. The summed E-state index contributed by atoms with van der Waals surface area (Å²) >= 11 is 0. The molecule has 0 spiro atoms. The van der Waals surface area contributed by atoms with Crippen LogP contribution in [0.5, 0.6) is 0 Å². The van der Waals surface area contributed by atoms with Gasteiger partial charge in [-0.2, -0.15) is 0 Å². The quantitative estimate of drug-likeness (QED) is 0.933. The van der Waals surface area contributed by atoms with Crippen molar-refractivity contribution in [2.75, 3.05) is 0 Å². The third-order valence-electron chi connectivity index (χ3n) is 5.31. The average Bonchev–Trinajstić information content (AvgIpc) is 3.11. The Morgan fingerprint density at radius 2 is 2.09 bits per heavy atom. The van der Waals surface area contributed by atoms with Crippen LogP contribution in [0.25, 0.3) is 11.3 Å². The van der Waals surface area contributed by atoms with Gasteiger partial charge in [0.15, 0.2) is 0 Å². The summed E-state index contributed by atoms with van der Waals surface area (Å²) in [6.45, 7) is 0. The first-order valence-corrected chi connectivity index (χ1v) is 8.24. The number of aliphatic hydroxyl groups is 1. The van der Waals surface area contributed by atoms with Gasteiger partial charge in [0.1, 0.15) is 5.82 Å². The van der Waals surface area contributed by atoms with Crippen molar-refractivity contribution < 1.29 is 9.50 Å². The minimum atomic E-state index is -0.324. The molecule has 2 aliphatic rings. The molecule has 2 atom stereocenters. The highest BCUT2D eigenvalue weighted by molar-refractivity contribution is 5.69. The summed E-state index contributed by atoms with van der Waals surface area (Å²) in [6.07, 6.45) is 9.88. The molecular formula is C18H21FN2O. The molecule has 1 saturated carbocycles. The number of benzene rings is 1. The number of fused-ring (bicyclic) bond motifs is 3. The number of nitrogens with zero attached hydrogens (tertiary/aromatic N) is 2. The van der Waals surface area contributed by atoms with Crippen LogP contribution < -0.4 is 0 Å². The van der Waals surface area contributed by atoms with E-state index < -0.39 is 0 Å². The minimum Gasteiger partial charge on any atom is -0.393 e. The van der Waals surface area contributed by atoms with Crippen LogP contribution in [-0.4, -0.2) is 20.8 Å². The highest BCUT2D eigenvalue weighted by atomic mass is 19.1. The van der Waals surface area contributed by atoms with Crippen LogP contribution >= 0.6 is 0 Å². The number of rotatable bonds is 3. The first-order valence-electron chi connectivity index (χ1n) is 8.24. The molecule has 1 aromatic heterocycles. The molecule has 2 unspecified atom stereocenters. The predicted octanol–water partition coefficient (Wildman–Crippen LogP) is 3.92. The van der Waals surface area contributed by atoms with Crippen molar-refractivity contribution >= 4 is 0 Å². The van der Waals surface area contributed by atoms with Gasteiger partial charge in [-0.3, -0.25) is 0 Å². The van der Waals surface area contributed by atoms with E-state index in [0.717, 1.165) is 29.7 Å². The number of aromatic nitrogens is 2. The van der Waals surface area contributed by atoms with Gasteiger partial charge in [-0.1, -0.05) is 19.3 Å². The lowest BCUT2D eigenvalue weighted by molar-refractivity contribution is 0.0686. The Bertz CT molecular complexity index is 675. The molecule has 1 aliphatic carbocycles. The van der Waals surface area contributed by atoms with Crippen molar-refractivity contribution in [2.24, 2.45) is 5.92 Å². The lowest BCUT2D eigenvalue weighted by Gasteiger charge is -2.29. The molecule has 1 N–H and O–H groups in total. The van der Waals surface area contributed by atoms with E-state index in [1.165, 1.54) is 25.3 Å². The van der Waals surface area contributed by atoms with E-state index in [1.54, 1.807) is 12.4 Å². The number of aliphatic hydroxyl groups excluding tert-OH is 1. The molecule has 2 heterocycles. The van der Waals surface area contributed by atoms with Gasteiger partial charge in [0, 0.05) is 5.56 Å². The monoisotopic (exact) mass is 300 g/mol. The Hall–Kier alpha value is -1.68. The summed E-state index contributed by atoms with van der Waals surface area (Å²) in [5.41, 5.74) is 3.04. The highest BCUT2D eigenvalue weighted by Crippen LogP contribution is 2.43. The van der Waals surface area contributed by atoms with E-state index in [-0.39, 0.29) is 18.0 Å². The maximum Gasteiger partial charge on any atom is 0.123 e. The molecule has 0 radical (unpaired) electrons. The van der Waals surface area contributed by atoms with Crippen LogP contribution in [0.15, 0.2) is 30.7 Å². The number of imidazole rings is 1. The van der Waals surface area contributed by atoms with E-state index in [4.69, 9.17) is 0 Å². The topological polar surface area (TPSA) is 38.1 Å². The SMILES string of the molecule is OC(CC1c2cc(F)ccc2-c2cncn21)C1CCCCC1. The Labute approximate surface area is 129 Å². The molecule has 1 aromatic carbocycles. The van der Waals surface area contributed by atoms with E-state index in [2.05, 4.69) is 9.55 Å². The molecule has 1 fully saturated rings. The van der Waals surface area contributed by atoms with Crippen molar-refractivity contribution in [3.8, 4) is 11.3 Å². The lowest BCUT2D eigenvalue weighted by atomic mass is 9.82. The van der Waals surface area contributed by atoms with Gasteiger partial charge in [0.05, 0.1) is 30.4 Å². The van der Waals surface area contributed by atoms with Crippen LogP contribution in [0.1, 0.15) is 50.1 Å². The molecule has 4 rings (SSSR count). The van der Waals surface area contributed by atoms with Crippen LogP contribution in [0.2, 0.25) is 0 Å². The Balaban J connectivity index is 1.63. The standard InChI is InChI=1S/C18H21FN2O/c19-13-6-7-14-15(8-13)16(21-11-20-10-17(14)21)9-18(22)12-4-2-1-3-5-12/h6-8,10-12,16,18,22H,1-5,9H2. The lowest BCUT2D eigenvalue weighted by Crippen LogP contribution is -2.26. The van der Waals surface area contributed by atoms with E-state index >= 15 is 0 Å². The molecule has 0 amide bonds. The molecule has 1 aliphatic heterocycles. The fourth-order valence-electron chi connectivity index (χ4n) is 4.13. The summed E-state index contributed by atoms with van der Waals surface area (Å²) in [4.78, 5) is 4.22. The van der Waals surface area contributed by atoms with Crippen LogP contribution in [0.4, 0.5) is 4.39 Å². The van der Waals surface area contributed by atoms with Gasteiger partial charge in [-0.15, -0.1) is 0 Å².